The van der Waals surface area contributed by atoms with Crippen molar-refractivity contribution in [3.05, 3.63) is 47.7 Å². The summed E-state index contributed by atoms with van der Waals surface area (Å²) < 4.78 is 48.0. The van der Waals surface area contributed by atoms with Crippen molar-refractivity contribution in [2.45, 2.75) is 19.1 Å². The van der Waals surface area contributed by atoms with Crippen LogP contribution in [0.25, 0.3) is 28.0 Å². The minimum atomic E-state index is -4.78. The summed E-state index contributed by atoms with van der Waals surface area (Å²) in [6.45, 7) is 3.33. The number of ether oxygens (including phenoxy) is 1. The van der Waals surface area contributed by atoms with Gasteiger partial charge < -0.3 is 26.5 Å². The molecule has 9 nitrogen and oxygen atoms in total. The van der Waals surface area contributed by atoms with Gasteiger partial charge in [-0.05, 0) is 36.3 Å². The number of nitrogens with zero attached hydrogens (tertiary/aromatic N) is 4. The molecular weight excluding hydrogens is 451 g/mol. The van der Waals surface area contributed by atoms with E-state index < -0.39 is 23.2 Å². The van der Waals surface area contributed by atoms with E-state index >= 15 is 0 Å². The molecule has 0 unspecified atom stereocenters. The number of carbonyl (C=O) groups is 1. The highest BCUT2D eigenvalue weighted by molar-refractivity contribution is 6.06. The summed E-state index contributed by atoms with van der Waals surface area (Å²) in [7, 11) is 0. The molecule has 3 aromatic rings. The Morgan fingerprint density at radius 1 is 1.29 bits per heavy atom. The normalized spacial score (nSPS) is 17.2. The molecule has 1 fully saturated rings. The number of nitrogens with one attached hydrogen (secondary N) is 1. The topological polar surface area (TPSA) is 136 Å². The Hall–Kier alpha value is -3.93. The number of nitrogens with two attached hydrogens (primary N) is 2. The van der Waals surface area contributed by atoms with Gasteiger partial charge in [-0.1, -0.05) is 12.1 Å². The Kier molecular flexibility index (Phi) is 6.00. The van der Waals surface area contributed by atoms with Crippen LogP contribution in [0.15, 0.2) is 36.5 Å². The second-order valence-electron chi connectivity index (χ2n) is 7.79. The van der Waals surface area contributed by atoms with Gasteiger partial charge in [0.15, 0.2) is 5.65 Å². The van der Waals surface area contributed by atoms with E-state index in [1.54, 1.807) is 6.07 Å². The summed E-state index contributed by atoms with van der Waals surface area (Å²) in [5.74, 6) is -0.657. The fourth-order valence-electron chi connectivity index (χ4n) is 4.05. The quantitative estimate of drug-likeness (QED) is 0.488. The lowest BCUT2D eigenvalue weighted by atomic mass is 9.93. The van der Waals surface area contributed by atoms with Gasteiger partial charge in [0.1, 0.15) is 11.6 Å². The second-order valence-corrected chi connectivity index (χ2v) is 7.79. The second kappa shape index (κ2) is 8.78. The first-order chi connectivity index (χ1) is 16.1. The molecule has 12 heteroatoms. The molecule has 1 saturated heterocycles. The van der Waals surface area contributed by atoms with Crippen molar-refractivity contribution in [1.82, 2.24) is 14.8 Å². The van der Waals surface area contributed by atoms with Gasteiger partial charge in [0.25, 0.3) is 0 Å². The van der Waals surface area contributed by atoms with Crippen molar-refractivity contribution in [3.63, 3.8) is 0 Å². The third-order valence-electron chi connectivity index (χ3n) is 5.59. The molecule has 1 aromatic carbocycles. The van der Waals surface area contributed by atoms with E-state index in [0.717, 1.165) is 12.3 Å². The molecule has 5 N–H and O–H groups in total. The average Bonchev–Trinajstić information content (AvgIpc) is 3.22. The zero-order valence-corrected chi connectivity index (χ0v) is 18.1. The summed E-state index contributed by atoms with van der Waals surface area (Å²) in [4.78, 5) is 18.9. The fraction of sp³-hybridized carbons (Fsp3) is 0.273. The number of benzene rings is 1. The zero-order valence-electron chi connectivity index (χ0n) is 18.1. The van der Waals surface area contributed by atoms with Crippen molar-refractivity contribution in [3.8, 4) is 11.1 Å². The molecule has 1 amide bonds. The van der Waals surface area contributed by atoms with Crippen LogP contribution in [-0.4, -0.2) is 52.7 Å². The van der Waals surface area contributed by atoms with Gasteiger partial charge in [0, 0.05) is 18.1 Å². The number of aromatic nitrogens is 3. The molecule has 178 valence electrons. The van der Waals surface area contributed by atoms with Gasteiger partial charge in [0.2, 0.25) is 5.91 Å². The van der Waals surface area contributed by atoms with E-state index in [0.29, 0.717) is 36.5 Å². The van der Waals surface area contributed by atoms with E-state index in [9.17, 15) is 18.0 Å². The molecular formula is C22H22F3N7O2. The molecule has 0 aliphatic carbocycles. The third-order valence-corrected chi connectivity index (χ3v) is 5.59. The molecule has 0 saturated carbocycles. The van der Waals surface area contributed by atoms with Gasteiger partial charge >= 0.3 is 6.18 Å². The van der Waals surface area contributed by atoms with Crippen LogP contribution in [0.1, 0.15) is 22.8 Å². The van der Waals surface area contributed by atoms with Gasteiger partial charge in [-0.2, -0.15) is 23.0 Å². The summed E-state index contributed by atoms with van der Waals surface area (Å²) >= 11 is 0. The highest BCUT2D eigenvalue weighted by atomic mass is 19.4. The van der Waals surface area contributed by atoms with Gasteiger partial charge in [-0.25, -0.2) is 4.98 Å². The Bertz CT molecular complexity index is 1300. The predicted molar refractivity (Wildman–Crippen MR) is 121 cm³/mol. The average molecular weight is 473 g/mol. The third kappa shape index (κ3) is 4.07. The first-order valence-electron chi connectivity index (χ1n) is 10.3. The van der Waals surface area contributed by atoms with Crippen LogP contribution in [0.5, 0.6) is 0 Å². The van der Waals surface area contributed by atoms with Crippen LogP contribution in [0.3, 0.4) is 0 Å². The molecule has 2 aromatic heterocycles. The number of carbonyl (C=O) groups excluding carboxylic acids is 1. The molecule has 3 heterocycles. The van der Waals surface area contributed by atoms with Crippen LogP contribution < -0.4 is 16.4 Å². The standard InChI is InChI=1S/C22H22F3N7O2/c1-12-11-34-8-7-31(12)18-9-14(15-10-29-32(21(15)30-18)17(27)5-6-26)13-3-2-4-16(22(23,24)25)19(13)20(28)33/h2-6,9-10,12,26H,7-8,11,27H2,1H3,(H2,28,33)/t12-/m1/s1. The SMILES string of the molecule is C[C@@H]1COCCN1c1cc(-c2cccc(C(F)(F)F)c2C(N)=O)c2cnn(C(N)=CC=N)c2n1. The number of halogens is 3. The molecule has 1 aliphatic rings. The molecule has 34 heavy (non-hydrogen) atoms. The molecule has 0 radical (unpaired) electrons. The van der Waals surface area contributed by atoms with E-state index in [1.807, 2.05) is 11.8 Å². The van der Waals surface area contributed by atoms with Crippen molar-refractivity contribution >= 4 is 34.8 Å². The lowest BCUT2D eigenvalue weighted by Crippen LogP contribution is -2.44. The van der Waals surface area contributed by atoms with Crippen LogP contribution >= 0.6 is 0 Å². The molecule has 4 rings (SSSR count). The van der Waals surface area contributed by atoms with Gasteiger partial charge in [0.05, 0.1) is 36.6 Å². The Balaban J connectivity index is 2.06. The number of anilines is 1. The summed E-state index contributed by atoms with van der Waals surface area (Å²) in [5, 5.41) is 11.9. The number of alkyl halides is 3. The largest absolute Gasteiger partial charge is 0.417 e. The summed E-state index contributed by atoms with van der Waals surface area (Å²) in [6, 6.07) is 5.01. The number of hydrogen-bond donors (Lipinski definition) is 3. The Labute approximate surface area is 192 Å². The molecule has 0 bridgehead atoms. The molecule has 1 atom stereocenters. The van der Waals surface area contributed by atoms with Crippen LogP contribution in [0.2, 0.25) is 0 Å². The Morgan fingerprint density at radius 2 is 2.06 bits per heavy atom. The first-order valence-corrected chi connectivity index (χ1v) is 10.3. The zero-order chi connectivity index (χ0) is 24.6. The number of amides is 1. The smallest absolute Gasteiger partial charge is 0.384 e. The number of pyridine rings is 1. The number of hydrogen-bond acceptors (Lipinski definition) is 7. The van der Waals surface area contributed by atoms with E-state index in [2.05, 4.69) is 10.1 Å². The number of primary amides is 1. The van der Waals surface area contributed by atoms with Crippen molar-refractivity contribution in [2.75, 3.05) is 24.7 Å². The van der Waals surface area contributed by atoms with Gasteiger partial charge in [-0.15, -0.1) is 0 Å². The van der Waals surface area contributed by atoms with Gasteiger partial charge in [-0.3, -0.25) is 4.79 Å². The van der Waals surface area contributed by atoms with Crippen LogP contribution in [0.4, 0.5) is 19.0 Å². The molecule has 1 aliphatic heterocycles. The Morgan fingerprint density at radius 3 is 2.71 bits per heavy atom. The van der Waals surface area contributed by atoms with E-state index in [4.69, 9.17) is 21.6 Å². The maximum Gasteiger partial charge on any atom is 0.417 e. The van der Waals surface area contributed by atoms with Crippen LogP contribution in [-0.2, 0) is 10.9 Å². The summed E-state index contributed by atoms with van der Waals surface area (Å²) in [6.07, 6.45) is -1.10. The number of allylic oxidation sites excluding steroid dienone is 1. The summed E-state index contributed by atoms with van der Waals surface area (Å²) in [5.41, 5.74) is 10.3. The highest BCUT2D eigenvalue weighted by Crippen LogP contribution is 2.40. The van der Waals surface area contributed by atoms with Crippen molar-refractivity contribution in [2.24, 2.45) is 11.5 Å². The maximum absolute atomic E-state index is 13.7. The first kappa shape index (κ1) is 23.2. The minimum Gasteiger partial charge on any atom is -0.384 e. The fourth-order valence-corrected chi connectivity index (χ4v) is 4.05. The minimum absolute atomic E-state index is 0.00559. The highest BCUT2D eigenvalue weighted by Gasteiger charge is 2.36. The van der Waals surface area contributed by atoms with Crippen molar-refractivity contribution < 1.29 is 22.7 Å². The van der Waals surface area contributed by atoms with E-state index in [-0.39, 0.29) is 23.1 Å². The van der Waals surface area contributed by atoms with Crippen molar-refractivity contribution in [1.29, 1.82) is 5.41 Å². The molecule has 0 spiro atoms. The lowest BCUT2D eigenvalue weighted by Gasteiger charge is -2.34. The predicted octanol–water partition coefficient (Wildman–Crippen LogP) is 2.85. The number of fused-ring (bicyclic) bond motifs is 1. The number of morpholine rings is 1. The van der Waals surface area contributed by atoms with E-state index in [1.165, 1.54) is 29.1 Å². The van der Waals surface area contributed by atoms with Crippen LogP contribution in [0, 0.1) is 5.41 Å². The number of rotatable bonds is 5. The maximum atomic E-state index is 13.7. The lowest BCUT2D eigenvalue weighted by molar-refractivity contribution is -0.137. The monoisotopic (exact) mass is 473 g/mol.